The Labute approximate surface area is 481 Å². The molecule has 0 spiro atoms. The smallest absolute Gasteiger partial charge is 0.412 e. The van der Waals surface area contributed by atoms with Crippen molar-refractivity contribution in [2.24, 2.45) is 27.8 Å². The molecule has 10 N–H and O–H groups in total. The summed E-state index contributed by atoms with van der Waals surface area (Å²) in [6, 6.07) is 17.7. The number of carbonyl (C=O) groups is 6. The van der Waals surface area contributed by atoms with Gasteiger partial charge in [0.05, 0.1) is 76.7 Å². The van der Waals surface area contributed by atoms with E-state index >= 15 is 0 Å². The molecule has 0 bridgehead atoms. The van der Waals surface area contributed by atoms with E-state index in [-0.39, 0.29) is 64.5 Å². The fraction of sp³-hybridized carbons (Fsp3) is 0.400. The maximum absolute atomic E-state index is 14.1. The first-order chi connectivity index (χ1) is 40.4. The Morgan fingerprint density at radius 2 is 1.54 bits per heavy atom. The van der Waals surface area contributed by atoms with E-state index in [4.69, 9.17) is 29.4 Å². The van der Waals surface area contributed by atoms with Gasteiger partial charge in [-0.3, -0.25) is 29.1 Å². The van der Waals surface area contributed by atoms with Crippen LogP contribution in [-0.2, 0) is 36.8 Å². The van der Waals surface area contributed by atoms with Crippen LogP contribution >= 0.6 is 0 Å². The predicted molar refractivity (Wildman–Crippen MR) is 299 cm³/mol. The van der Waals surface area contributed by atoms with Gasteiger partial charge < -0.3 is 70.9 Å². The summed E-state index contributed by atoms with van der Waals surface area (Å²) in [5.41, 5.74) is 6.29. The van der Waals surface area contributed by atoms with Gasteiger partial charge >= 0.3 is 12.2 Å². The first-order valence-corrected chi connectivity index (χ1v) is 27.7. The van der Waals surface area contributed by atoms with Crippen LogP contribution in [0, 0.1) is 11.8 Å². The molecule has 9 unspecified atom stereocenters. The quantitative estimate of drug-likeness (QED) is 0.0611. The fourth-order valence-electron chi connectivity index (χ4n) is 11.8. The lowest BCUT2D eigenvalue weighted by molar-refractivity contribution is -0.249. The molecule has 84 heavy (non-hydrogen) atoms. The number of nitrogens with one attached hydrogen (secondary N) is 3. The molecule has 24 nitrogen and oxygen atoms in total. The van der Waals surface area contributed by atoms with Crippen molar-refractivity contribution in [3.8, 4) is 23.0 Å². The Balaban J connectivity index is 0.760. The van der Waals surface area contributed by atoms with E-state index in [0.717, 1.165) is 5.71 Å². The zero-order valence-corrected chi connectivity index (χ0v) is 46.2. The lowest BCUT2D eigenvalue weighted by Crippen LogP contribution is -2.56. The third kappa shape index (κ3) is 11.9. The van der Waals surface area contributed by atoms with E-state index < -0.39 is 120 Å². The third-order valence-corrected chi connectivity index (χ3v) is 16.2. The summed E-state index contributed by atoms with van der Waals surface area (Å²) in [7, 11) is 1.30. The first kappa shape index (κ1) is 58.7. The molecule has 24 heteroatoms. The Hall–Kier alpha value is -8.52. The number of ether oxygens (including phenoxy) is 5. The number of pyridine rings is 2. The van der Waals surface area contributed by atoms with Gasteiger partial charge in [-0.25, -0.2) is 9.59 Å². The lowest BCUT2D eigenvalue weighted by atomic mass is 9.72. The molecule has 1 saturated heterocycles. The number of hydrogen-bond acceptors (Lipinski definition) is 21. The van der Waals surface area contributed by atoms with Gasteiger partial charge in [-0.15, -0.1) is 0 Å². The topological polar surface area (TPSA) is 362 Å². The van der Waals surface area contributed by atoms with Gasteiger partial charge in [0.2, 0.25) is 11.7 Å². The van der Waals surface area contributed by atoms with Gasteiger partial charge in [-0.2, -0.15) is 10.2 Å². The number of rotatable bonds is 15. The summed E-state index contributed by atoms with van der Waals surface area (Å²) in [6.07, 6.45) is -1.83. The van der Waals surface area contributed by atoms with Gasteiger partial charge in [0.1, 0.15) is 47.9 Å². The second-order valence-electron chi connectivity index (χ2n) is 21.6. The van der Waals surface area contributed by atoms with Crippen LogP contribution in [0.2, 0.25) is 0 Å². The highest BCUT2D eigenvalue weighted by Crippen LogP contribution is 2.53. The molecule has 2 aromatic heterocycles. The molecule has 10 atom stereocenters. The number of phenolic OH excluding ortho intramolecular Hbond substituents is 2. The molecule has 5 aliphatic rings. The highest BCUT2D eigenvalue weighted by molar-refractivity contribution is 6.31. The largest absolute Gasteiger partial charge is 0.507 e. The number of aromatic nitrogens is 2. The predicted octanol–water partition coefficient (Wildman–Crippen LogP) is 5.00. The second-order valence-corrected chi connectivity index (χ2v) is 21.6. The van der Waals surface area contributed by atoms with E-state index in [9.17, 15) is 54.3 Å². The Kier molecular flexibility index (Phi) is 17.3. The van der Waals surface area contributed by atoms with Crippen LogP contribution in [0.5, 0.6) is 23.0 Å². The van der Waals surface area contributed by atoms with E-state index in [2.05, 4.69) is 36.1 Å². The summed E-state index contributed by atoms with van der Waals surface area (Å²) < 4.78 is 28.8. The zero-order chi connectivity index (χ0) is 59.6. The summed E-state index contributed by atoms with van der Waals surface area (Å²) in [4.78, 5) is 89.4. The number of aliphatic hydroxyl groups excluding tert-OH is 2. The minimum absolute atomic E-state index is 0.0362. The molecule has 0 radical (unpaired) electrons. The molecule has 10 rings (SSSR count). The number of aromatic hydroxyl groups is 2. The standard InChI is InChI=1S/C60H64N8O16/c1-4-8-45(71)64-31-14-20-40(63-26-31)52-34-18-21-38(37(61)19-17-33(34)51(67-68-52)39-10-5-6-22-62-39)65-59(78)83-32-15-12-30(13-16-32)28-81-58(77)66-41-23-46(82-29(2)53(41)72)84-43-25-60(79,44(70)27-69)24-36-48(43)57(76)50-49(55(36)74)54(73)35-9-7-11-42(80-3)47(35)56(50)75/h5-7,9-16,20,22,26,29,33-34,37-38,41,43,46,53,69,72,74,76,79H,4,8,17-19,21,23-25,27-28,61H2,1-3H3,(H,64,71)(H,65,78)(H,66,77)/t29?,33?,34?,37?,38?,41?,43?,46?,53?,60-/m0/s1. The van der Waals surface area contributed by atoms with Gasteiger partial charge in [-0.05, 0) is 87.1 Å². The number of Topliss-reactive ketones (excluding diaryl/α,β-unsaturated/α-hetero) is 1. The number of benzene rings is 3. The van der Waals surface area contributed by atoms with Gasteiger partial charge in [0.15, 0.2) is 17.9 Å². The number of methoxy groups -OCH3 is 1. The van der Waals surface area contributed by atoms with E-state index in [1.807, 2.05) is 31.2 Å². The summed E-state index contributed by atoms with van der Waals surface area (Å²) in [5, 5.41) is 74.2. The van der Waals surface area contributed by atoms with Gasteiger partial charge in [-0.1, -0.05) is 37.3 Å². The van der Waals surface area contributed by atoms with E-state index in [1.54, 1.807) is 30.6 Å². The number of nitrogens with zero attached hydrogens (tertiary/aromatic N) is 4. The molecular weight excluding hydrogens is 1090 g/mol. The number of carbonyl (C=O) groups excluding carboxylic acids is 6. The van der Waals surface area contributed by atoms with E-state index in [1.165, 1.54) is 44.4 Å². The van der Waals surface area contributed by atoms with Crippen LogP contribution in [0.1, 0.15) is 131 Å². The summed E-state index contributed by atoms with van der Waals surface area (Å²) in [5.74, 6) is -4.43. The molecule has 5 aromatic rings. The maximum atomic E-state index is 14.1. The molecule has 440 valence electrons. The number of phenols is 2. The van der Waals surface area contributed by atoms with Crippen molar-refractivity contribution < 1.29 is 78.0 Å². The molecule has 4 heterocycles. The van der Waals surface area contributed by atoms with Crippen LogP contribution in [0.25, 0.3) is 0 Å². The molecule has 3 amide bonds. The van der Waals surface area contributed by atoms with Crippen LogP contribution in [-0.4, -0.2) is 138 Å². The number of aliphatic hydroxyl groups is 3. The monoisotopic (exact) mass is 1150 g/mol. The van der Waals surface area contributed by atoms with Crippen LogP contribution < -0.4 is 31.2 Å². The average molecular weight is 1150 g/mol. The number of fused-ring (bicyclic) bond motifs is 4. The Morgan fingerprint density at radius 1 is 0.821 bits per heavy atom. The number of ketones is 3. The second kappa shape index (κ2) is 24.7. The number of nitrogens with two attached hydrogens (primary N) is 1. The number of amides is 3. The highest BCUT2D eigenvalue weighted by atomic mass is 16.7. The van der Waals surface area contributed by atoms with Gasteiger partial charge in [0.25, 0.3) is 0 Å². The van der Waals surface area contributed by atoms with Crippen LogP contribution in [0.15, 0.2) is 95.4 Å². The van der Waals surface area contributed by atoms with Crippen molar-refractivity contribution in [3.63, 3.8) is 0 Å². The van der Waals surface area contributed by atoms with Crippen molar-refractivity contribution in [2.45, 2.75) is 127 Å². The zero-order valence-electron chi connectivity index (χ0n) is 46.2. The normalized spacial score (nSPS) is 25.3. The maximum Gasteiger partial charge on any atom is 0.412 e. The van der Waals surface area contributed by atoms with Crippen molar-refractivity contribution in [3.05, 3.63) is 136 Å². The molecular formula is C60H64N8O16. The average Bonchev–Trinajstić information content (AvgIpc) is 0.837. The van der Waals surface area contributed by atoms with Crippen molar-refractivity contribution >= 4 is 52.6 Å². The first-order valence-electron chi connectivity index (χ1n) is 27.7. The Morgan fingerprint density at radius 3 is 2.21 bits per heavy atom. The molecule has 3 aromatic carbocycles. The van der Waals surface area contributed by atoms with Crippen molar-refractivity contribution in [2.75, 3.05) is 19.0 Å². The van der Waals surface area contributed by atoms with E-state index in [0.29, 0.717) is 66.9 Å². The molecule has 2 aliphatic heterocycles. The molecule has 3 aliphatic carbocycles. The minimum atomic E-state index is -2.40. The summed E-state index contributed by atoms with van der Waals surface area (Å²) >= 11 is 0. The molecule has 2 fully saturated rings. The summed E-state index contributed by atoms with van der Waals surface area (Å²) in [6.45, 7) is 2.06. The number of alkyl carbamates (subject to hydrolysis) is 1. The minimum Gasteiger partial charge on any atom is -0.507 e. The van der Waals surface area contributed by atoms with Crippen molar-refractivity contribution in [1.82, 2.24) is 20.6 Å². The van der Waals surface area contributed by atoms with Crippen LogP contribution in [0.3, 0.4) is 0 Å². The lowest BCUT2D eigenvalue weighted by Gasteiger charge is -2.42. The SMILES string of the molecule is CCCC(=O)Nc1ccc(C2=NN=C(c3ccccn3)C3CCC(N)C(NC(=O)Oc4ccc(COC(=O)NC5CC(OC6C[C@](O)(C(=O)CO)Cc7c(O)c8c(c(O)c76)C(=O)c6c(OC)cccc6C8=O)OC(C)C5O)cc4)CCC23)nc1. The Bertz CT molecular complexity index is 3430. The number of anilines is 1. The van der Waals surface area contributed by atoms with Crippen molar-refractivity contribution in [1.29, 1.82) is 0 Å². The number of hydrogen-bond donors (Lipinski definition) is 9. The third-order valence-electron chi connectivity index (χ3n) is 16.2. The van der Waals surface area contributed by atoms with Crippen LogP contribution in [0.4, 0.5) is 15.3 Å². The fourth-order valence-corrected chi connectivity index (χ4v) is 11.8. The van der Waals surface area contributed by atoms with Gasteiger partial charge in [0, 0.05) is 72.5 Å². The molecule has 1 saturated carbocycles. The highest BCUT2D eigenvalue weighted by Gasteiger charge is 2.51.